The first-order valence-electron chi connectivity index (χ1n) is 9.38. The molecule has 0 saturated carbocycles. The molecule has 2 heterocycles. The number of hydrogen-bond acceptors (Lipinski definition) is 8. The molecular formula is C16H34N4O4S2. The topological polar surface area (TPSA) is 81.2 Å². The first-order chi connectivity index (χ1) is 12.2. The molecule has 2 aliphatic rings. The lowest BCUT2D eigenvalue weighted by atomic mass is 10.3. The van der Waals surface area contributed by atoms with Crippen molar-refractivity contribution in [3.63, 3.8) is 0 Å². The molecule has 0 aromatic rings. The maximum absolute atomic E-state index is 12.2. The maximum atomic E-state index is 12.2. The Hall–Kier alpha value is -0.260. The summed E-state index contributed by atoms with van der Waals surface area (Å²) in [6.45, 7) is 8.26. The van der Waals surface area contributed by atoms with E-state index in [0.717, 1.165) is 52.4 Å². The highest BCUT2D eigenvalue weighted by molar-refractivity contribution is 7.95. The number of hydrogen-bond donors (Lipinski definition) is 0. The number of rotatable bonds is 9. The van der Waals surface area contributed by atoms with E-state index in [0.29, 0.717) is 13.1 Å². The fourth-order valence-corrected chi connectivity index (χ4v) is 6.65. The van der Waals surface area contributed by atoms with Crippen LogP contribution in [0.2, 0.25) is 0 Å². The van der Waals surface area contributed by atoms with Gasteiger partial charge >= 0.3 is 0 Å². The Labute approximate surface area is 158 Å². The molecule has 26 heavy (non-hydrogen) atoms. The van der Waals surface area contributed by atoms with Crippen molar-refractivity contribution in [3.8, 4) is 0 Å². The van der Waals surface area contributed by atoms with E-state index in [-0.39, 0.29) is 23.0 Å². The van der Waals surface area contributed by atoms with Gasteiger partial charge in [-0.2, -0.15) is 0 Å². The van der Waals surface area contributed by atoms with E-state index in [1.54, 1.807) is 0 Å². The predicted molar refractivity (Wildman–Crippen MR) is 105 cm³/mol. The molecule has 0 unspecified atom stereocenters. The van der Waals surface area contributed by atoms with Gasteiger partial charge in [-0.3, -0.25) is 9.80 Å². The van der Waals surface area contributed by atoms with Crippen LogP contribution in [0.4, 0.5) is 0 Å². The zero-order valence-electron chi connectivity index (χ0n) is 16.1. The van der Waals surface area contributed by atoms with Gasteiger partial charge in [-0.15, -0.1) is 0 Å². The van der Waals surface area contributed by atoms with Gasteiger partial charge in [0.05, 0.1) is 23.0 Å². The number of likely N-dealkylation sites (N-methyl/N-ethyl adjacent to an activating group) is 2. The van der Waals surface area contributed by atoms with E-state index in [1.807, 2.05) is 0 Å². The summed E-state index contributed by atoms with van der Waals surface area (Å²) in [6, 6.07) is 0. The van der Waals surface area contributed by atoms with E-state index < -0.39 is 19.7 Å². The second kappa shape index (κ2) is 9.79. The highest BCUT2D eigenvalue weighted by atomic mass is 32.2. The molecule has 0 amide bonds. The van der Waals surface area contributed by atoms with Crippen LogP contribution >= 0.6 is 0 Å². The lowest BCUT2D eigenvalue weighted by Crippen LogP contribution is -2.46. The summed E-state index contributed by atoms with van der Waals surface area (Å²) in [5, 5.41) is 0. The molecule has 0 atom stereocenters. The zero-order chi connectivity index (χ0) is 19.2. The Kier molecular flexibility index (Phi) is 8.30. The van der Waals surface area contributed by atoms with Crippen molar-refractivity contribution in [1.29, 1.82) is 0 Å². The average Bonchev–Trinajstić information content (AvgIpc) is 2.60. The fraction of sp³-hybridized carbons (Fsp3) is 1.00. The molecule has 10 heteroatoms. The maximum Gasteiger partial charge on any atom is 0.152 e. The predicted octanol–water partition coefficient (Wildman–Crippen LogP) is -1.69. The molecule has 8 nitrogen and oxygen atoms in total. The van der Waals surface area contributed by atoms with Crippen molar-refractivity contribution in [2.45, 2.75) is 0 Å². The van der Waals surface area contributed by atoms with Crippen molar-refractivity contribution in [2.75, 3.05) is 103 Å². The Bertz CT molecular complexity index is 567. The third kappa shape index (κ3) is 8.18. The van der Waals surface area contributed by atoms with E-state index in [2.05, 4.69) is 33.7 Å². The number of nitrogens with zero attached hydrogens (tertiary/aromatic N) is 4. The molecular weight excluding hydrogens is 376 g/mol. The largest absolute Gasteiger partial charge is 0.304 e. The molecule has 0 aliphatic carbocycles. The minimum Gasteiger partial charge on any atom is -0.304 e. The number of sulfone groups is 2. The molecule has 0 bridgehead atoms. The van der Waals surface area contributed by atoms with Crippen LogP contribution in [0.25, 0.3) is 0 Å². The van der Waals surface area contributed by atoms with Crippen LogP contribution in [-0.4, -0.2) is 139 Å². The van der Waals surface area contributed by atoms with Crippen LogP contribution < -0.4 is 0 Å². The Morgan fingerprint density at radius 3 is 1.15 bits per heavy atom. The minimum absolute atomic E-state index is 0.0463. The molecule has 2 aliphatic heterocycles. The smallest absolute Gasteiger partial charge is 0.152 e. The van der Waals surface area contributed by atoms with Crippen LogP contribution in [0, 0.1) is 0 Å². The van der Waals surface area contributed by atoms with Gasteiger partial charge in [0, 0.05) is 65.4 Å². The van der Waals surface area contributed by atoms with Crippen LogP contribution in [0.1, 0.15) is 0 Å². The van der Waals surface area contributed by atoms with Gasteiger partial charge in [0.2, 0.25) is 0 Å². The quantitative estimate of drug-likeness (QED) is 0.446. The fourth-order valence-electron chi connectivity index (χ4n) is 3.14. The SMILES string of the molecule is CN1CCN(CCS(=O)(=O)CCS(=O)(=O)CCN2CCN(C)CC2)CC1. The van der Waals surface area contributed by atoms with Crippen molar-refractivity contribution in [3.05, 3.63) is 0 Å². The van der Waals surface area contributed by atoms with Gasteiger partial charge in [-0.05, 0) is 14.1 Å². The summed E-state index contributed by atoms with van der Waals surface area (Å²) in [4.78, 5) is 8.72. The first-order valence-corrected chi connectivity index (χ1v) is 13.0. The number of piperazine rings is 2. The van der Waals surface area contributed by atoms with Gasteiger partial charge in [0.15, 0.2) is 19.7 Å². The van der Waals surface area contributed by atoms with E-state index in [4.69, 9.17) is 0 Å². The van der Waals surface area contributed by atoms with Crippen LogP contribution in [0.3, 0.4) is 0 Å². The highest BCUT2D eigenvalue weighted by Crippen LogP contribution is 2.04. The van der Waals surface area contributed by atoms with Gasteiger partial charge in [-0.1, -0.05) is 0 Å². The molecule has 0 radical (unpaired) electrons. The molecule has 0 aromatic carbocycles. The lowest BCUT2D eigenvalue weighted by Gasteiger charge is -2.32. The van der Waals surface area contributed by atoms with Gasteiger partial charge in [-0.25, -0.2) is 16.8 Å². The van der Waals surface area contributed by atoms with Crippen molar-refractivity contribution in [2.24, 2.45) is 0 Å². The lowest BCUT2D eigenvalue weighted by molar-refractivity contribution is 0.161. The van der Waals surface area contributed by atoms with Crippen molar-refractivity contribution < 1.29 is 16.8 Å². The summed E-state index contributed by atoms with van der Waals surface area (Å²) in [7, 11) is -2.55. The second-order valence-electron chi connectivity index (χ2n) is 7.59. The Morgan fingerprint density at radius 1 is 0.538 bits per heavy atom. The van der Waals surface area contributed by atoms with E-state index in [9.17, 15) is 16.8 Å². The molecule has 0 spiro atoms. The minimum atomic E-state index is -3.33. The van der Waals surface area contributed by atoms with Crippen LogP contribution in [-0.2, 0) is 19.7 Å². The molecule has 2 fully saturated rings. The second-order valence-corrected chi connectivity index (χ2v) is 12.2. The zero-order valence-corrected chi connectivity index (χ0v) is 17.8. The van der Waals surface area contributed by atoms with E-state index in [1.165, 1.54) is 0 Å². The molecule has 154 valence electrons. The molecule has 0 N–H and O–H groups in total. The van der Waals surface area contributed by atoms with Crippen molar-refractivity contribution in [1.82, 2.24) is 19.6 Å². The molecule has 2 saturated heterocycles. The summed E-state index contributed by atoms with van der Waals surface area (Å²) < 4.78 is 48.8. The molecule has 0 aromatic heterocycles. The summed E-state index contributed by atoms with van der Waals surface area (Å²) in [5.41, 5.74) is 0. The third-order valence-corrected chi connectivity index (χ3v) is 8.85. The van der Waals surface area contributed by atoms with Crippen molar-refractivity contribution >= 4 is 19.7 Å². The van der Waals surface area contributed by atoms with Crippen LogP contribution in [0.15, 0.2) is 0 Å². The average molecular weight is 411 g/mol. The Balaban J connectivity index is 1.68. The monoisotopic (exact) mass is 410 g/mol. The summed E-state index contributed by atoms with van der Waals surface area (Å²) in [5.74, 6) is -0.424. The van der Waals surface area contributed by atoms with Gasteiger partial charge in [0.1, 0.15) is 0 Å². The summed E-state index contributed by atoms with van der Waals surface area (Å²) in [6.07, 6.45) is 0. The van der Waals surface area contributed by atoms with Gasteiger partial charge < -0.3 is 9.80 Å². The third-order valence-electron chi connectivity index (χ3n) is 5.33. The van der Waals surface area contributed by atoms with Crippen LogP contribution in [0.5, 0.6) is 0 Å². The molecule has 2 rings (SSSR count). The normalized spacial score (nSPS) is 22.7. The standard InChI is InChI=1S/C16H34N4O4S2/c1-17-3-7-19(8-4-17)11-13-25(21,22)15-16-26(23,24)14-12-20-9-5-18(2)6-10-20/h3-16H2,1-2H3. The summed E-state index contributed by atoms with van der Waals surface area (Å²) >= 11 is 0. The first kappa shape index (κ1) is 22.0. The van der Waals surface area contributed by atoms with E-state index >= 15 is 0 Å². The Morgan fingerprint density at radius 2 is 0.846 bits per heavy atom. The highest BCUT2D eigenvalue weighted by Gasteiger charge is 2.22. The van der Waals surface area contributed by atoms with Gasteiger partial charge in [0.25, 0.3) is 0 Å².